The quantitative estimate of drug-likeness (QED) is 0.347. The van der Waals surface area contributed by atoms with Crippen LogP contribution in [0.15, 0.2) is 66.7 Å². The highest BCUT2D eigenvalue weighted by Crippen LogP contribution is 2.40. The summed E-state index contributed by atoms with van der Waals surface area (Å²) in [6.07, 6.45) is 0.0289. The van der Waals surface area contributed by atoms with Gasteiger partial charge in [-0.1, -0.05) is 42.0 Å². The standard InChI is InChI=1S/C24H25FNO6P/c1-16-2-8-19(9-3-16)32-20-10-11-21(22(25)14-20)18-6-4-17(5-7-18)12-13-24(26,15-27)23(28)33(29,30)31/h2-11,14,27H,12-13,15,26H2,1H3,(H2,29,30,31). The zero-order valence-electron chi connectivity index (χ0n) is 17.9. The van der Waals surface area contributed by atoms with Gasteiger partial charge in [-0.15, -0.1) is 0 Å². The number of ether oxygens (including phenoxy) is 1. The number of carbonyl (C=O) groups is 1. The molecule has 1 unspecified atom stereocenters. The van der Waals surface area contributed by atoms with Crippen LogP contribution in [0.3, 0.4) is 0 Å². The fraction of sp³-hybridized carbons (Fsp3) is 0.208. The van der Waals surface area contributed by atoms with Gasteiger partial charge in [-0.2, -0.15) is 0 Å². The highest BCUT2D eigenvalue weighted by molar-refractivity contribution is 7.70. The largest absolute Gasteiger partial charge is 0.457 e. The van der Waals surface area contributed by atoms with Gasteiger partial charge in [0.1, 0.15) is 22.9 Å². The van der Waals surface area contributed by atoms with E-state index in [2.05, 4.69) is 0 Å². The molecule has 174 valence electrons. The maximum Gasteiger partial charge on any atom is 0.393 e. The van der Waals surface area contributed by atoms with Gasteiger partial charge in [0.15, 0.2) is 0 Å². The normalized spacial score (nSPS) is 13.4. The van der Waals surface area contributed by atoms with Crippen molar-refractivity contribution < 1.29 is 33.4 Å². The number of aliphatic hydroxyl groups is 1. The van der Waals surface area contributed by atoms with E-state index in [1.807, 2.05) is 19.1 Å². The van der Waals surface area contributed by atoms with Crippen molar-refractivity contribution in [2.24, 2.45) is 5.73 Å². The van der Waals surface area contributed by atoms with Crippen LogP contribution in [0, 0.1) is 12.7 Å². The Morgan fingerprint density at radius 1 is 1.03 bits per heavy atom. The molecular formula is C24H25FNO6P. The molecule has 0 saturated carbocycles. The summed E-state index contributed by atoms with van der Waals surface area (Å²) in [5, 5.41) is 9.41. The van der Waals surface area contributed by atoms with Gasteiger partial charge in [-0.25, -0.2) is 4.39 Å². The molecular weight excluding hydrogens is 448 g/mol. The Labute approximate surface area is 190 Å². The van der Waals surface area contributed by atoms with Crippen LogP contribution in [-0.2, 0) is 15.8 Å². The lowest BCUT2D eigenvalue weighted by Crippen LogP contribution is -2.51. The second-order valence-corrected chi connectivity index (χ2v) is 9.41. The predicted octanol–water partition coefficient (Wildman–Crippen LogP) is 3.92. The van der Waals surface area contributed by atoms with Gasteiger partial charge >= 0.3 is 7.60 Å². The molecule has 0 radical (unpaired) electrons. The van der Waals surface area contributed by atoms with Gasteiger partial charge in [-0.05, 0) is 55.2 Å². The Kier molecular flexibility index (Phi) is 7.47. The first-order chi connectivity index (χ1) is 15.5. The van der Waals surface area contributed by atoms with Crippen molar-refractivity contribution in [3.63, 3.8) is 0 Å². The molecule has 0 aliphatic rings. The lowest BCUT2D eigenvalue weighted by atomic mass is 9.93. The number of hydrogen-bond donors (Lipinski definition) is 4. The van der Waals surface area contributed by atoms with E-state index < -0.39 is 31.1 Å². The second-order valence-electron chi connectivity index (χ2n) is 7.92. The van der Waals surface area contributed by atoms with Crippen LogP contribution in [0.2, 0.25) is 0 Å². The molecule has 5 N–H and O–H groups in total. The lowest BCUT2D eigenvalue weighted by molar-refractivity contribution is -0.119. The SMILES string of the molecule is Cc1ccc(Oc2ccc(-c3ccc(CCC(N)(CO)C(=O)P(=O)(O)O)cc3)c(F)c2)cc1. The summed E-state index contributed by atoms with van der Waals surface area (Å²) in [5.74, 6) is 0.517. The van der Waals surface area contributed by atoms with Crippen molar-refractivity contribution in [3.05, 3.63) is 83.7 Å². The highest BCUT2D eigenvalue weighted by Gasteiger charge is 2.43. The number of aliphatic hydroxyl groups excluding tert-OH is 1. The average molecular weight is 473 g/mol. The zero-order valence-corrected chi connectivity index (χ0v) is 18.8. The first kappa shape index (κ1) is 24.8. The topological polar surface area (TPSA) is 130 Å². The smallest absolute Gasteiger partial charge is 0.393 e. The van der Waals surface area contributed by atoms with E-state index in [1.165, 1.54) is 6.07 Å². The van der Waals surface area contributed by atoms with E-state index in [0.717, 1.165) is 5.56 Å². The number of rotatable bonds is 9. The zero-order chi connectivity index (χ0) is 24.2. The Morgan fingerprint density at radius 2 is 1.64 bits per heavy atom. The number of nitrogens with two attached hydrogens (primary N) is 1. The number of benzene rings is 3. The predicted molar refractivity (Wildman–Crippen MR) is 122 cm³/mol. The molecule has 3 rings (SSSR count). The van der Waals surface area contributed by atoms with Crippen LogP contribution in [0.4, 0.5) is 4.39 Å². The van der Waals surface area contributed by atoms with Gasteiger partial charge in [-0.3, -0.25) is 9.36 Å². The van der Waals surface area contributed by atoms with E-state index in [4.69, 9.17) is 20.3 Å². The van der Waals surface area contributed by atoms with Gasteiger partial charge in [0.25, 0.3) is 5.52 Å². The summed E-state index contributed by atoms with van der Waals surface area (Å²) in [6.45, 7) is 1.07. The minimum absolute atomic E-state index is 0.161. The molecule has 0 aromatic heterocycles. The van der Waals surface area contributed by atoms with Crippen LogP contribution in [0.1, 0.15) is 17.5 Å². The molecule has 7 nitrogen and oxygen atoms in total. The van der Waals surface area contributed by atoms with E-state index >= 15 is 0 Å². The van der Waals surface area contributed by atoms with Crippen molar-refractivity contribution in [2.45, 2.75) is 25.3 Å². The maximum atomic E-state index is 14.7. The molecule has 0 aliphatic heterocycles. The highest BCUT2D eigenvalue weighted by atomic mass is 31.2. The monoisotopic (exact) mass is 473 g/mol. The molecule has 0 aliphatic carbocycles. The average Bonchev–Trinajstić information content (AvgIpc) is 2.78. The minimum Gasteiger partial charge on any atom is -0.457 e. The molecule has 9 heteroatoms. The summed E-state index contributed by atoms with van der Waals surface area (Å²) in [5.41, 5.74) is 4.99. The van der Waals surface area contributed by atoms with Gasteiger partial charge in [0, 0.05) is 11.6 Å². The molecule has 0 bridgehead atoms. The third-order valence-corrected chi connectivity index (χ3v) is 6.27. The molecule has 1 atom stereocenters. The van der Waals surface area contributed by atoms with E-state index in [9.17, 15) is 18.9 Å². The summed E-state index contributed by atoms with van der Waals surface area (Å²) < 4.78 is 31.6. The fourth-order valence-corrected chi connectivity index (χ4v) is 4.06. The third-order valence-electron chi connectivity index (χ3n) is 5.29. The van der Waals surface area contributed by atoms with Crippen molar-refractivity contribution in [1.29, 1.82) is 0 Å². The second kappa shape index (κ2) is 9.95. The van der Waals surface area contributed by atoms with Crippen LogP contribution in [-0.4, -0.2) is 32.6 Å². The molecule has 3 aromatic rings. The summed E-state index contributed by atoms with van der Waals surface area (Å²) in [7, 11) is -5.07. The molecule has 0 amide bonds. The lowest BCUT2D eigenvalue weighted by Gasteiger charge is -2.25. The molecule has 3 aromatic carbocycles. The summed E-state index contributed by atoms with van der Waals surface area (Å²) in [4.78, 5) is 30.0. The van der Waals surface area contributed by atoms with E-state index in [1.54, 1.807) is 48.5 Å². The molecule has 0 fully saturated rings. The van der Waals surface area contributed by atoms with E-state index in [0.29, 0.717) is 28.2 Å². The van der Waals surface area contributed by atoms with Crippen LogP contribution in [0.25, 0.3) is 11.1 Å². The molecule has 33 heavy (non-hydrogen) atoms. The molecule has 0 spiro atoms. The van der Waals surface area contributed by atoms with Gasteiger partial charge < -0.3 is 25.4 Å². The van der Waals surface area contributed by atoms with Crippen molar-refractivity contribution >= 4 is 13.1 Å². The van der Waals surface area contributed by atoms with Crippen molar-refractivity contribution in [1.82, 2.24) is 0 Å². The minimum atomic E-state index is -5.07. The van der Waals surface area contributed by atoms with Crippen LogP contribution in [0.5, 0.6) is 11.5 Å². The van der Waals surface area contributed by atoms with E-state index in [-0.39, 0.29) is 12.8 Å². The van der Waals surface area contributed by atoms with Gasteiger partial charge in [0.05, 0.1) is 6.61 Å². The summed E-state index contributed by atoms with van der Waals surface area (Å²) >= 11 is 0. The number of aryl methyl sites for hydroxylation is 2. The molecule has 0 heterocycles. The van der Waals surface area contributed by atoms with Gasteiger partial charge in [0.2, 0.25) is 0 Å². The summed E-state index contributed by atoms with van der Waals surface area (Å²) in [6, 6.07) is 18.8. The van der Waals surface area contributed by atoms with Crippen molar-refractivity contribution in [3.8, 4) is 22.6 Å². The Morgan fingerprint density at radius 3 is 2.18 bits per heavy atom. The molecule has 0 saturated heterocycles. The fourth-order valence-electron chi connectivity index (χ4n) is 3.30. The number of halogens is 1. The first-order valence-electron chi connectivity index (χ1n) is 10.2. The maximum absolute atomic E-state index is 14.7. The number of hydrogen-bond acceptors (Lipinski definition) is 5. The number of carbonyl (C=O) groups excluding carboxylic acids is 1. The first-order valence-corrected chi connectivity index (χ1v) is 11.8. The third kappa shape index (κ3) is 6.13. The Bertz CT molecular complexity index is 1180. The van der Waals surface area contributed by atoms with Crippen molar-refractivity contribution in [2.75, 3.05) is 6.61 Å². The Balaban J connectivity index is 1.70. The van der Waals surface area contributed by atoms with Crippen LogP contribution < -0.4 is 10.5 Å². The Hall–Kier alpha value is -2.87. The van der Waals surface area contributed by atoms with Crippen LogP contribution >= 0.6 is 7.60 Å².